The van der Waals surface area contributed by atoms with Crippen molar-refractivity contribution in [3.8, 4) is 5.75 Å². The van der Waals surface area contributed by atoms with Crippen molar-refractivity contribution in [2.24, 2.45) is 5.73 Å². The molecule has 1 aromatic carbocycles. The molecule has 2 heterocycles. The third kappa shape index (κ3) is 4.04. The lowest BCUT2D eigenvalue weighted by Crippen LogP contribution is -2.32. The highest BCUT2D eigenvalue weighted by atomic mass is 32.2. The van der Waals surface area contributed by atoms with Gasteiger partial charge in [0, 0.05) is 18.3 Å². The minimum absolute atomic E-state index is 0.214. The first kappa shape index (κ1) is 22.2. The standard InChI is InChI=1S/C21H28N4O4S/c1-13-15(19(22)26)12-23-20(24-13)17-7-6-10-25(17)30(27,28)14-8-9-18(29-5)16(11-14)21(2,3)4/h8-9,11-12,17H,6-7,10H2,1-5H3,(H2,22,26)/t17-/m1/s1. The second-order valence-electron chi connectivity index (χ2n) is 8.48. The minimum atomic E-state index is -3.78. The maximum atomic E-state index is 13.5. The fourth-order valence-corrected chi connectivity index (χ4v) is 5.42. The maximum Gasteiger partial charge on any atom is 0.252 e. The minimum Gasteiger partial charge on any atom is -0.496 e. The number of aryl methyl sites for hydroxylation is 1. The molecule has 2 aromatic rings. The van der Waals surface area contributed by atoms with E-state index in [2.05, 4.69) is 9.97 Å². The smallest absolute Gasteiger partial charge is 0.252 e. The Balaban J connectivity index is 2.02. The molecule has 30 heavy (non-hydrogen) atoms. The van der Waals surface area contributed by atoms with Gasteiger partial charge < -0.3 is 10.5 Å². The topological polar surface area (TPSA) is 115 Å². The average Bonchev–Trinajstić information content (AvgIpc) is 3.17. The monoisotopic (exact) mass is 432 g/mol. The van der Waals surface area contributed by atoms with Crippen LogP contribution in [-0.2, 0) is 15.4 Å². The fraction of sp³-hybridized carbons (Fsp3) is 0.476. The SMILES string of the molecule is COc1ccc(S(=O)(=O)N2CCC[C@@H]2c2ncc(C(N)=O)c(C)n2)cc1C(C)(C)C. The molecule has 1 amide bonds. The van der Waals surface area contributed by atoms with Crippen LogP contribution < -0.4 is 10.5 Å². The number of hydrogen-bond donors (Lipinski definition) is 1. The molecule has 162 valence electrons. The van der Waals surface area contributed by atoms with Crippen LogP contribution in [0.2, 0.25) is 0 Å². The van der Waals surface area contributed by atoms with E-state index in [1.807, 2.05) is 20.8 Å². The van der Waals surface area contributed by atoms with E-state index in [9.17, 15) is 13.2 Å². The van der Waals surface area contributed by atoms with Gasteiger partial charge in [-0.25, -0.2) is 18.4 Å². The Morgan fingerprint density at radius 2 is 2.00 bits per heavy atom. The number of sulfonamides is 1. The van der Waals surface area contributed by atoms with E-state index in [0.29, 0.717) is 36.7 Å². The molecule has 0 aliphatic carbocycles. The van der Waals surface area contributed by atoms with Crippen molar-refractivity contribution in [2.75, 3.05) is 13.7 Å². The summed E-state index contributed by atoms with van der Waals surface area (Å²) in [5.74, 6) is 0.423. The maximum absolute atomic E-state index is 13.5. The lowest BCUT2D eigenvalue weighted by molar-refractivity contribution is 0.0998. The molecule has 0 unspecified atom stereocenters. The van der Waals surface area contributed by atoms with E-state index in [1.54, 1.807) is 32.2 Å². The summed E-state index contributed by atoms with van der Waals surface area (Å²) < 4.78 is 33.9. The molecular formula is C21H28N4O4S. The lowest BCUT2D eigenvalue weighted by atomic mass is 9.86. The number of benzene rings is 1. The number of primary amides is 1. The highest BCUT2D eigenvalue weighted by Gasteiger charge is 2.38. The molecule has 1 aliphatic rings. The molecule has 0 spiro atoms. The molecule has 0 saturated carbocycles. The van der Waals surface area contributed by atoms with Crippen LogP contribution in [0.1, 0.15) is 67.1 Å². The molecule has 0 bridgehead atoms. The van der Waals surface area contributed by atoms with E-state index in [0.717, 1.165) is 5.56 Å². The van der Waals surface area contributed by atoms with Crippen molar-refractivity contribution in [3.05, 3.63) is 47.0 Å². The fourth-order valence-electron chi connectivity index (χ4n) is 3.74. The summed E-state index contributed by atoms with van der Waals surface area (Å²) in [4.78, 5) is 20.3. The van der Waals surface area contributed by atoms with Crippen molar-refractivity contribution >= 4 is 15.9 Å². The van der Waals surface area contributed by atoms with Crippen LogP contribution in [0.5, 0.6) is 5.75 Å². The number of methoxy groups -OCH3 is 1. The summed E-state index contributed by atoms with van der Waals surface area (Å²) in [6, 6.07) is 4.46. The van der Waals surface area contributed by atoms with Gasteiger partial charge in [-0.2, -0.15) is 4.31 Å². The molecule has 1 atom stereocenters. The van der Waals surface area contributed by atoms with E-state index in [4.69, 9.17) is 10.5 Å². The molecular weight excluding hydrogens is 404 g/mol. The Bertz CT molecular complexity index is 1080. The third-order valence-corrected chi connectivity index (χ3v) is 7.25. The molecule has 9 heteroatoms. The lowest BCUT2D eigenvalue weighted by Gasteiger charge is -2.26. The van der Waals surface area contributed by atoms with Crippen LogP contribution in [0.4, 0.5) is 0 Å². The van der Waals surface area contributed by atoms with Gasteiger partial charge in [0.15, 0.2) is 0 Å². The summed E-state index contributed by atoms with van der Waals surface area (Å²) in [7, 11) is -2.20. The van der Waals surface area contributed by atoms with Gasteiger partial charge in [0.25, 0.3) is 5.91 Å². The molecule has 0 radical (unpaired) electrons. The zero-order valence-corrected chi connectivity index (χ0v) is 18.8. The van der Waals surface area contributed by atoms with Crippen LogP contribution in [0.3, 0.4) is 0 Å². The third-order valence-electron chi connectivity index (χ3n) is 5.35. The summed E-state index contributed by atoms with van der Waals surface area (Å²) >= 11 is 0. The van der Waals surface area contributed by atoms with Gasteiger partial charge in [0.05, 0.1) is 29.3 Å². The van der Waals surface area contributed by atoms with E-state index < -0.39 is 22.0 Å². The molecule has 8 nitrogen and oxygen atoms in total. The number of carbonyl (C=O) groups excluding carboxylic acids is 1. The number of nitrogens with two attached hydrogens (primary N) is 1. The predicted octanol–water partition coefficient (Wildman–Crippen LogP) is 2.72. The van der Waals surface area contributed by atoms with Gasteiger partial charge in [-0.15, -0.1) is 0 Å². The van der Waals surface area contributed by atoms with Crippen molar-refractivity contribution in [3.63, 3.8) is 0 Å². The summed E-state index contributed by atoms with van der Waals surface area (Å²) in [6.07, 6.45) is 2.68. The Hall–Kier alpha value is -2.52. The van der Waals surface area contributed by atoms with Gasteiger partial charge in [0.1, 0.15) is 11.6 Å². The van der Waals surface area contributed by atoms with Crippen molar-refractivity contribution in [1.82, 2.24) is 14.3 Å². The van der Waals surface area contributed by atoms with E-state index in [-0.39, 0.29) is 15.9 Å². The molecule has 1 fully saturated rings. The number of rotatable bonds is 5. The average molecular weight is 433 g/mol. The summed E-state index contributed by atoms with van der Waals surface area (Å²) in [5.41, 5.74) is 6.54. The Morgan fingerprint density at radius 3 is 2.57 bits per heavy atom. The molecule has 1 aliphatic heterocycles. The van der Waals surface area contributed by atoms with Gasteiger partial charge in [-0.05, 0) is 43.4 Å². The second-order valence-corrected chi connectivity index (χ2v) is 10.4. The zero-order valence-electron chi connectivity index (χ0n) is 18.0. The molecule has 2 N–H and O–H groups in total. The van der Waals surface area contributed by atoms with E-state index in [1.165, 1.54) is 10.5 Å². The largest absolute Gasteiger partial charge is 0.496 e. The number of carbonyl (C=O) groups is 1. The van der Waals surface area contributed by atoms with Crippen LogP contribution >= 0.6 is 0 Å². The first-order chi connectivity index (χ1) is 14.0. The first-order valence-electron chi connectivity index (χ1n) is 9.80. The number of nitrogens with zero attached hydrogens (tertiary/aromatic N) is 3. The Kier molecular flexibility index (Phi) is 5.88. The van der Waals surface area contributed by atoms with Gasteiger partial charge >= 0.3 is 0 Å². The number of hydrogen-bond acceptors (Lipinski definition) is 6. The second kappa shape index (κ2) is 7.96. The number of aromatic nitrogens is 2. The van der Waals surface area contributed by atoms with Crippen LogP contribution in [0, 0.1) is 6.92 Å². The molecule has 3 rings (SSSR count). The molecule has 1 saturated heterocycles. The van der Waals surface area contributed by atoms with Crippen LogP contribution in [0.25, 0.3) is 0 Å². The van der Waals surface area contributed by atoms with Gasteiger partial charge in [0.2, 0.25) is 10.0 Å². The van der Waals surface area contributed by atoms with Gasteiger partial charge in [-0.3, -0.25) is 4.79 Å². The predicted molar refractivity (Wildman–Crippen MR) is 113 cm³/mol. The van der Waals surface area contributed by atoms with Crippen LogP contribution in [-0.4, -0.2) is 42.3 Å². The normalized spacial score (nSPS) is 17.8. The highest BCUT2D eigenvalue weighted by Crippen LogP contribution is 2.38. The summed E-state index contributed by atoms with van der Waals surface area (Å²) in [6.45, 7) is 8.08. The highest BCUT2D eigenvalue weighted by molar-refractivity contribution is 7.89. The summed E-state index contributed by atoms with van der Waals surface area (Å²) in [5, 5.41) is 0. The first-order valence-corrected chi connectivity index (χ1v) is 11.2. The van der Waals surface area contributed by atoms with Gasteiger partial charge in [-0.1, -0.05) is 20.8 Å². The van der Waals surface area contributed by atoms with Crippen molar-refractivity contribution in [1.29, 1.82) is 0 Å². The Morgan fingerprint density at radius 1 is 1.30 bits per heavy atom. The molecule has 1 aromatic heterocycles. The number of ether oxygens (including phenoxy) is 1. The van der Waals surface area contributed by atoms with Crippen molar-refractivity contribution in [2.45, 2.75) is 56.9 Å². The van der Waals surface area contributed by atoms with Crippen molar-refractivity contribution < 1.29 is 17.9 Å². The quantitative estimate of drug-likeness (QED) is 0.777. The Labute approximate surface area is 177 Å². The zero-order chi connectivity index (χ0) is 22.3. The van der Waals surface area contributed by atoms with E-state index >= 15 is 0 Å². The van der Waals surface area contributed by atoms with Crippen LogP contribution in [0.15, 0.2) is 29.3 Å². The number of amides is 1.